The number of pyridine rings is 1. The van der Waals surface area contributed by atoms with Gasteiger partial charge in [-0.05, 0) is 18.2 Å². The zero-order chi connectivity index (χ0) is 12.5. The number of carbonyl (C=O) groups excluding carboxylic acids is 1. The molecule has 0 unspecified atom stereocenters. The summed E-state index contributed by atoms with van der Waals surface area (Å²) in [5.74, 6) is -0.331. The molecule has 6 heteroatoms. The Labute approximate surface area is 106 Å². The molecule has 0 aliphatic carbocycles. The van der Waals surface area contributed by atoms with Crippen LogP contribution in [0.2, 0.25) is 0 Å². The maximum Gasteiger partial charge on any atom is 0.348 e. The minimum Gasteiger partial charge on any atom is -0.465 e. The van der Waals surface area contributed by atoms with Gasteiger partial charge in [-0.15, -0.1) is 11.3 Å². The number of H-pyrrole nitrogens is 1. The van der Waals surface area contributed by atoms with E-state index >= 15 is 0 Å². The van der Waals surface area contributed by atoms with E-state index in [9.17, 15) is 4.79 Å². The number of nitrogens with zero attached hydrogens (tertiary/aromatic N) is 2. The van der Waals surface area contributed by atoms with Crippen molar-refractivity contribution in [3.8, 4) is 11.3 Å². The number of thiophene rings is 1. The molecule has 5 nitrogen and oxygen atoms in total. The second-order valence-electron chi connectivity index (χ2n) is 3.68. The quantitative estimate of drug-likeness (QED) is 0.718. The summed E-state index contributed by atoms with van der Waals surface area (Å²) in [4.78, 5) is 17.3. The molecule has 0 saturated heterocycles. The number of hydrogen-bond donors (Lipinski definition) is 1. The zero-order valence-corrected chi connectivity index (χ0v) is 10.3. The molecule has 0 fully saturated rings. The van der Waals surface area contributed by atoms with Crippen molar-refractivity contribution in [3.05, 3.63) is 35.5 Å². The van der Waals surface area contributed by atoms with E-state index in [0.717, 1.165) is 21.5 Å². The van der Waals surface area contributed by atoms with Gasteiger partial charge >= 0.3 is 5.97 Å². The molecule has 0 spiro atoms. The predicted molar refractivity (Wildman–Crippen MR) is 68.5 cm³/mol. The molecule has 0 aromatic carbocycles. The molecule has 0 aliphatic heterocycles. The second-order valence-corrected chi connectivity index (χ2v) is 4.71. The van der Waals surface area contributed by atoms with Crippen LogP contribution in [-0.2, 0) is 4.74 Å². The van der Waals surface area contributed by atoms with E-state index in [0.29, 0.717) is 4.88 Å². The van der Waals surface area contributed by atoms with Crippen molar-refractivity contribution in [1.29, 1.82) is 0 Å². The predicted octanol–water partition coefficient (Wildman–Crippen LogP) is 2.47. The lowest BCUT2D eigenvalue weighted by atomic mass is 10.2. The Balaban J connectivity index is 2.10. The third kappa shape index (κ3) is 1.76. The van der Waals surface area contributed by atoms with Crippen molar-refractivity contribution in [2.45, 2.75) is 0 Å². The standard InChI is InChI=1S/C12H9N3O2S/c1-17-12(16)10-4-7-2-3-9(15-11(7)18-10)8-5-13-14-6-8/h2-6H,1H3,(H,13,14). The lowest BCUT2D eigenvalue weighted by Crippen LogP contribution is -1.96. The summed E-state index contributed by atoms with van der Waals surface area (Å²) in [6, 6.07) is 5.63. The SMILES string of the molecule is COC(=O)c1cc2ccc(-c3cn[nH]c3)nc2s1. The first kappa shape index (κ1) is 10.9. The van der Waals surface area contributed by atoms with Crippen molar-refractivity contribution in [2.24, 2.45) is 0 Å². The molecule has 0 atom stereocenters. The van der Waals surface area contributed by atoms with E-state index in [1.54, 1.807) is 18.5 Å². The van der Waals surface area contributed by atoms with E-state index in [2.05, 4.69) is 15.2 Å². The van der Waals surface area contributed by atoms with Crippen LogP contribution in [0.25, 0.3) is 21.5 Å². The van der Waals surface area contributed by atoms with Crippen molar-refractivity contribution in [3.63, 3.8) is 0 Å². The molecule has 1 N–H and O–H groups in total. The Morgan fingerprint density at radius 1 is 1.44 bits per heavy atom. The van der Waals surface area contributed by atoms with E-state index in [1.165, 1.54) is 18.4 Å². The number of esters is 1. The van der Waals surface area contributed by atoms with Gasteiger partial charge in [-0.2, -0.15) is 5.10 Å². The molecule has 3 rings (SSSR count). The number of nitrogens with one attached hydrogen (secondary N) is 1. The fourth-order valence-electron chi connectivity index (χ4n) is 1.67. The minimum atomic E-state index is -0.331. The van der Waals surface area contributed by atoms with E-state index < -0.39 is 0 Å². The van der Waals surface area contributed by atoms with Gasteiger partial charge in [-0.3, -0.25) is 5.10 Å². The summed E-state index contributed by atoms with van der Waals surface area (Å²) in [6.45, 7) is 0. The van der Waals surface area contributed by atoms with E-state index in [4.69, 9.17) is 4.74 Å². The Kier molecular flexibility index (Phi) is 2.56. The summed E-state index contributed by atoms with van der Waals surface area (Å²) >= 11 is 1.33. The lowest BCUT2D eigenvalue weighted by molar-refractivity contribution is 0.0606. The fraction of sp³-hybridized carbons (Fsp3) is 0.0833. The first-order valence-corrected chi connectivity index (χ1v) is 6.07. The highest BCUT2D eigenvalue weighted by Gasteiger charge is 2.12. The molecule has 3 heterocycles. The van der Waals surface area contributed by atoms with Gasteiger partial charge in [0.25, 0.3) is 0 Å². The molecule has 90 valence electrons. The zero-order valence-electron chi connectivity index (χ0n) is 9.51. The van der Waals surface area contributed by atoms with Gasteiger partial charge in [0, 0.05) is 17.1 Å². The summed E-state index contributed by atoms with van der Waals surface area (Å²) in [6.07, 6.45) is 3.49. The molecule has 3 aromatic heterocycles. The van der Waals surface area contributed by atoms with Crippen molar-refractivity contribution in [2.75, 3.05) is 7.11 Å². The summed E-state index contributed by atoms with van der Waals surface area (Å²) in [5, 5.41) is 7.58. The number of carbonyl (C=O) groups is 1. The number of aromatic nitrogens is 3. The third-order valence-electron chi connectivity index (χ3n) is 2.56. The number of aromatic amines is 1. The van der Waals surface area contributed by atoms with Crippen LogP contribution < -0.4 is 0 Å². The van der Waals surface area contributed by atoms with E-state index in [-0.39, 0.29) is 5.97 Å². The monoisotopic (exact) mass is 259 g/mol. The van der Waals surface area contributed by atoms with Crippen LogP contribution in [0, 0.1) is 0 Å². The Morgan fingerprint density at radius 3 is 3.06 bits per heavy atom. The summed E-state index contributed by atoms with van der Waals surface area (Å²) in [5.41, 5.74) is 1.75. The highest BCUT2D eigenvalue weighted by Crippen LogP contribution is 2.27. The van der Waals surface area contributed by atoms with Gasteiger partial charge in [-0.1, -0.05) is 0 Å². The fourth-order valence-corrected chi connectivity index (χ4v) is 2.62. The third-order valence-corrected chi connectivity index (χ3v) is 3.59. The van der Waals surface area contributed by atoms with Gasteiger partial charge in [0.05, 0.1) is 19.0 Å². The number of methoxy groups -OCH3 is 1. The summed E-state index contributed by atoms with van der Waals surface area (Å²) in [7, 11) is 1.37. The molecule has 0 saturated carbocycles. The van der Waals surface area contributed by atoms with Crippen LogP contribution in [0.4, 0.5) is 0 Å². The average molecular weight is 259 g/mol. The molecule has 0 radical (unpaired) electrons. The van der Waals surface area contributed by atoms with Gasteiger partial charge < -0.3 is 4.74 Å². The maximum atomic E-state index is 11.4. The smallest absolute Gasteiger partial charge is 0.348 e. The van der Waals surface area contributed by atoms with Gasteiger partial charge in [0.1, 0.15) is 9.71 Å². The minimum absolute atomic E-state index is 0.331. The van der Waals surface area contributed by atoms with Crippen LogP contribution in [-0.4, -0.2) is 28.3 Å². The van der Waals surface area contributed by atoms with Crippen LogP contribution in [0.15, 0.2) is 30.6 Å². The Bertz CT molecular complexity index is 703. The van der Waals surface area contributed by atoms with Crippen LogP contribution in [0.1, 0.15) is 9.67 Å². The highest BCUT2D eigenvalue weighted by atomic mass is 32.1. The van der Waals surface area contributed by atoms with Crippen LogP contribution in [0.5, 0.6) is 0 Å². The molecule has 3 aromatic rings. The average Bonchev–Trinajstić information content (AvgIpc) is 3.05. The van der Waals surface area contributed by atoms with Crippen molar-refractivity contribution in [1.82, 2.24) is 15.2 Å². The molecule has 18 heavy (non-hydrogen) atoms. The number of fused-ring (bicyclic) bond motifs is 1. The maximum absolute atomic E-state index is 11.4. The number of ether oxygens (including phenoxy) is 1. The molecular formula is C12H9N3O2S. The van der Waals surface area contributed by atoms with Gasteiger partial charge in [0.2, 0.25) is 0 Å². The van der Waals surface area contributed by atoms with Crippen molar-refractivity contribution < 1.29 is 9.53 Å². The number of rotatable bonds is 2. The Morgan fingerprint density at radius 2 is 2.33 bits per heavy atom. The van der Waals surface area contributed by atoms with E-state index in [1.807, 2.05) is 12.1 Å². The van der Waals surface area contributed by atoms with Crippen molar-refractivity contribution >= 4 is 27.5 Å². The molecular weight excluding hydrogens is 250 g/mol. The van der Waals surface area contributed by atoms with Crippen LogP contribution >= 0.6 is 11.3 Å². The molecule has 0 amide bonds. The number of hydrogen-bond acceptors (Lipinski definition) is 5. The molecule has 0 bridgehead atoms. The highest BCUT2D eigenvalue weighted by molar-refractivity contribution is 7.20. The first-order valence-electron chi connectivity index (χ1n) is 5.26. The normalized spacial score (nSPS) is 10.7. The van der Waals surface area contributed by atoms with Gasteiger partial charge in [0.15, 0.2) is 0 Å². The largest absolute Gasteiger partial charge is 0.465 e. The molecule has 0 aliphatic rings. The van der Waals surface area contributed by atoms with Crippen LogP contribution in [0.3, 0.4) is 0 Å². The first-order chi connectivity index (χ1) is 8.78. The topological polar surface area (TPSA) is 67.9 Å². The second kappa shape index (κ2) is 4.23. The summed E-state index contributed by atoms with van der Waals surface area (Å²) < 4.78 is 4.70. The lowest BCUT2D eigenvalue weighted by Gasteiger charge is -1.95. The van der Waals surface area contributed by atoms with Gasteiger partial charge in [-0.25, -0.2) is 9.78 Å². The Hall–Kier alpha value is -2.21.